The van der Waals surface area contributed by atoms with Crippen molar-refractivity contribution in [1.29, 1.82) is 0 Å². The minimum absolute atomic E-state index is 0.00752. The molecule has 0 aromatic heterocycles. The SMILES string of the molecule is CCN1CCN(c2ccc(NC(=O)COC(=O)c3ccccc3SC(F)F)cc2)CC1. The van der Waals surface area contributed by atoms with E-state index in [4.69, 9.17) is 4.74 Å². The number of nitrogens with one attached hydrogen (secondary N) is 1. The molecule has 31 heavy (non-hydrogen) atoms. The third kappa shape index (κ3) is 6.67. The van der Waals surface area contributed by atoms with E-state index in [2.05, 4.69) is 22.0 Å². The first-order chi connectivity index (χ1) is 15.0. The average Bonchev–Trinajstić information content (AvgIpc) is 2.78. The molecule has 1 amide bonds. The fraction of sp³-hybridized carbons (Fsp3) is 0.364. The maximum absolute atomic E-state index is 12.6. The van der Waals surface area contributed by atoms with Crippen LogP contribution in [-0.2, 0) is 9.53 Å². The van der Waals surface area contributed by atoms with Gasteiger partial charge in [-0.25, -0.2) is 4.79 Å². The number of carbonyl (C=O) groups is 2. The number of rotatable bonds is 8. The molecule has 2 aromatic carbocycles. The lowest BCUT2D eigenvalue weighted by atomic mass is 10.2. The van der Waals surface area contributed by atoms with Crippen molar-refractivity contribution in [2.75, 3.05) is 49.5 Å². The summed E-state index contributed by atoms with van der Waals surface area (Å²) in [5.74, 6) is -3.98. The Morgan fingerprint density at radius 2 is 1.74 bits per heavy atom. The molecule has 0 radical (unpaired) electrons. The van der Waals surface area contributed by atoms with Gasteiger partial charge in [0.1, 0.15) is 0 Å². The molecule has 1 aliphatic heterocycles. The van der Waals surface area contributed by atoms with E-state index in [1.807, 2.05) is 12.1 Å². The number of nitrogens with zero attached hydrogens (tertiary/aromatic N) is 2. The first-order valence-corrected chi connectivity index (χ1v) is 10.9. The lowest BCUT2D eigenvalue weighted by Crippen LogP contribution is -2.46. The summed E-state index contributed by atoms with van der Waals surface area (Å²) in [5, 5.41) is 2.67. The summed E-state index contributed by atoms with van der Waals surface area (Å²) in [6.45, 7) is 6.68. The van der Waals surface area contributed by atoms with Crippen LogP contribution in [0.15, 0.2) is 53.4 Å². The number of amides is 1. The van der Waals surface area contributed by atoms with Gasteiger partial charge >= 0.3 is 5.97 Å². The van der Waals surface area contributed by atoms with Crippen molar-refractivity contribution >= 4 is 35.0 Å². The minimum Gasteiger partial charge on any atom is -0.452 e. The Morgan fingerprint density at radius 3 is 2.39 bits per heavy atom. The number of benzene rings is 2. The fourth-order valence-electron chi connectivity index (χ4n) is 3.32. The minimum atomic E-state index is -2.66. The highest BCUT2D eigenvalue weighted by Crippen LogP contribution is 2.28. The van der Waals surface area contributed by atoms with E-state index in [9.17, 15) is 18.4 Å². The van der Waals surface area contributed by atoms with Crippen molar-refractivity contribution in [3.05, 3.63) is 54.1 Å². The normalized spacial score (nSPS) is 14.5. The number of halogens is 2. The first kappa shape index (κ1) is 23.0. The van der Waals surface area contributed by atoms with Crippen LogP contribution < -0.4 is 10.2 Å². The summed E-state index contributed by atoms with van der Waals surface area (Å²) >= 11 is 0.263. The Kier molecular flexibility index (Phi) is 8.25. The van der Waals surface area contributed by atoms with Gasteiger partial charge in [-0.3, -0.25) is 4.79 Å². The van der Waals surface area contributed by atoms with Crippen LogP contribution in [0.25, 0.3) is 0 Å². The summed E-state index contributed by atoms with van der Waals surface area (Å²) in [4.78, 5) is 29.1. The molecular formula is C22H25F2N3O3S. The van der Waals surface area contributed by atoms with Gasteiger partial charge in [-0.05, 0) is 42.9 Å². The number of piperazine rings is 1. The van der Waals surface area contributed by atoms with E-state index in [0.717, 1.165) is 38.4 Å². The second-order valence-corrected chi connectivity index (χ2v) is 8.00. The standard InChI is InChI=1S/C22H25F2N3O3S/c1-2-26-11-13-27(14-12-26)17-9-7-16(8-10-17)25-20(28)15-30-21(29)18-5-3-4-6-19(18)31-22(23)24/h3-10,22H,2,11-15H2,1H3,(H,25,28). The zero-order chi connectivity index (χ0) is 22.2. The van der Waals surface area contributed by atoms with Gasteiger partial charge in [0.15, 0.2) is 6.61 Å². The Morgan fingerprint density at radius 1 is 1.06 bits per heavy atom. The molecule has 1 fully saturated rings. The van der Waals surface area contributed by atoms with Crippen LogP contribution >= 0.6 is 11.8 Å². The number of thioether (sulfide) groups is 1. The largest absolute Gasteiger partial charge is 0.452 e. The molecule has 1 heterocycles. The fourth-order valence-corrected chi connectivity index (χ4v) is 3.95. The van der Waals surface area contributed by atoms with Crippen molar-refractivity contribution < 1.29 is 23.1 Å². The summed E-state index contributed by atoms with van der Waals surface area (Å²) < 4.78 is 30.3. The van der Waals surface area contributed by atoms with Gasteiger partial charge in [0.2, 0.25) is 0 Å². The van der Waals surface area contributed by atoms with Crippen molar-refractivity contribution in [2.45, 2.75) is 17.6 Å². The molecule has 3 rings (SSSR count). The Bertz CT molecular complexity index is 888. The van der Waals surface area contributed by atoms with Crippen LogP contribution in [0.5, 0.6) is 0 Å². The van der Waals surface area contributed by atoms with Gasteiger partial charge in [-0.2, -0.15) is 8.78 Å². The van der Waals surface area contributed by atoms with Crippen LogP contribution in [-0.4, -0.2) is 61.9 Å². The number of likely N-dealkylation sites (N-methyl/N-ethyl adjacent to an activating group) is 1. The quantitative estimate of drug-likeness (QED) is 0.487. The lowest BCUT2D eigenvalue weighted by molar-refractivity contribution is -0.119. The molecule has 0 atom stereocenters. The third-order valence-corrected chi connectivity index (χ3v) is 5.78. The zero-order valence-electron chi connectivity index (χ0n) is 17.2. The highest BCUT2D eigenvalue weighted by atomic mass is 32.2. The van der Waals surface area contributed by atoms with Crippen molar-refractivity contribution in [3.8, 4) is 0 Å². The predicted molar refractivity (Wildman–Crippen MR) is 118 cm³/mol. The van der Waals surface area contributed by atoms with E-state index in [-0.39, 0.29) is 22.2 Å². The number of carbonyl (C=O) groups excluding carboxylic acids is 2. The molecular weight excluding hydrogens is 424 g/mol. The van der Waals surface area contributed by atoms with Gasteiger partial charge in [-0.1, -0.05) is 30.8 Å². The second kappa shape index (κ2) is 11.1. The van der Waals surface area contributed by atoms with Crippen molar-refractivity contribution in [1.82, 2.24) is 4.90 Å². The van der Waals surface area contributed by atoms with Crippen molar-refractivity contribution in [3.63, 3.8) is 0 Å². The monoisotopic (exact) mass is 449 g/mol. The highest BCUT2D eigenvalue weighted by molar-refractivity contribution is 7.99. The molecule has 1 N–H and O–H groups in total. The van der Waals surface area contributed by atoms with Crippen molar-refractivity contribution in [2.24, 2.45) is 0 Å². The molecule has 1 saturated heterocycles. The molecule has 166 valence electrons. The molecule has 0 unspecified atom stereocenters. The van der Waals surface area contributed by atoms with Gasteiger partial charge in [0.25, 0.3) is 11.7 Å². The number of hydrogen-bond acceptors (Lipinski definition) is 6. The highest BCUT2D eigenvalue weighted by Gasteiger charge is 2.18. The van der Waals surface area contributed by atoms with E-state index >= 15 is 0 Å². The van der Waals surface area contributed by atoms with Crippen LogP contribution in [0.1, 0.15) is 17.3 Å². The molecule has 1 aliphatic rings. The van der Waals surface area contributed by atoms with Crippen LogP contribution in [0, 0.1) is 0 Å². The smallest absolute Gasteiger partial charge is 0.339 e. The Balaban J connectivity index is 1.49. The van der Waals surface area contributed by atoms with Crippen LogP contribution in [0.2, 0.25) is 0 Å². The molecule has 0 spiro atoms. The number of hydrogen-bond donors (Lipinski definition) is 1. The molecule has 6 nitrogen and oxygen atoms in total. The maximum atomic E-state index is 12.6. The van der Waals surface area contributed by atoms with E-state index in [0.29, 0.717) is 5.69 Å². The second-order valence-electron chi connectivity index (χ2n) is 6.97. The average molecular weight is 450 g/mol. The maximum Gasteiger partial charge on any atom is 0.339 e. The number of ether oxygens (including phenoxy) is 1. The third-order valence-electron chi connectivity index (χ3n) is 4.99. The first-order valence-electron chi connectivity index (χ1n) is 10.0. The van der Waals surface area contributed by atoms with Gasteiger partial charge in [0.05, 0.1) is 5.56 Å². The van der Waals surface area contributed by atoms with Gasteiger partial charge < -0.3 is 19.9 Å². The van der Waals surface area contributed by atoms with E-state index in [1.165, 1.54) is 12.1 Å². The number of anilines is 2. The summed E-state index contributed by atoms with van der Waals surface area (Å²) in [5.41, 5.74) is 1.69. The molecule has 0 saturated carbocycles. The number of alkyl halides is 2. The number of esters is 1. The lowest BCUT2D eigenvalue weighted by Gasteiger charge is -2.35. The topological polar surface area (TPSA) is 61.9 Å². The molecule has 9 heteroatoms. The Labute approximate surface area is 184 Å². The summed E-state index contributed by atoms with van der Waals surface area (Å²) in [6.07, 6.45) is 0. The Hall–Kier alpha value is -2.65. The van der Waals surface area contributed by atoms with Gasteiger partial charge in [0, 0.05) is 42.4 Å². The summed E-state index contributed by atoms with van der Waals surface area (Å²) in [7, 11) is 0. The van der Waals surface area contributed by atoms with Crippen LogP contribution in [0.3, 0.4) is 0 Å². The zero-order valence-corrected chi connectivity index (χ0v) is 18.0. The van der Waals surface area contributed by atoms with Gasteiger partial charge in [-0.15, -0.1) is 0 Å². The summed E-state index contributed by atoms with van der Waals surface area (Å²) in [6, 6.07) is 13.4. The van der Waals surface area contributed by atoms with Crippen LogP contribution in [0.4, 0.5) is 20.2 Å². The molecule has 0 bridgehead atoms. The predicted octanol–water partition coefficient (Wildman–Crippen LogP) is 3.94. The van der Waals surface area contributed by atoms with E-state index in [1.54, 1.807) is 24.3 Å². The molecule has 0 aliphatic carbocycles. The van der Waals surface area contributed by atoms with E-state index < -0.39 is 24.2 Å². The molecule has 2 aromatic rings.